The molecule has 2 aliphatic heterocycles. The number of nitrogens with zero attached hydrogens (tertiary/aromatic N) is 7. The predicted octanol–water partition coefficient (Wildman–Crippen LogP) is 1.53. The first-order chi connectivity index (χ1) is 15.6. The summed E-state index contributed by atoms with van der Waals surface area (Å²) >= 11 is 0. The number of hydrogen-bond donors (Lipinski definition) is 0. The molecule has 168 valence electrons. The molecule has 0 unspecified atom stereocenters. The molecule has 2 aromatic heterocycles. The number of fused-ring (bicyclic) bond motifs is 1. The van der Waals surface area contributed by atoms with Crippen molar-refractivity contribution in [2.75, 3.05) is 56.2 Å². The van der Waals surface area contributed by atoms with E-state index in [1.165, 1.54) is 9.13 Å². The molecule has 0 radical (unpaired) electrons. The van der Waals surface area contributed by atoms with Gasteiger partial charge in [0.15, 0.2) is 5.65 Å². The summed E-state index contributed by atoms with van der Waals surface area (Å²) in [5, 5.41) is 0. The van der Waals surface area contributed by atoms with Gasteiger partial charge in [-0.1, -0.05) is 6.07 Å². The average Bonchev–Trinajstić information content (AvgIpc) is 3.46. The van der Waals surface area contributed by atoms with E-state index in [0.717, 1.165) is 50.5 Å². The van der Waals surface area contributed by atoms with E-state index in [0.29, 0.717) is 30.2 Å². The normalized spacial score (nSPS) is 16.8. The van der Waals surface area contributed by atoms with E-state index in [9.17, 15) is 9.59 Å². The fourth-order valence-corrected chi connectivity index (χ4v) is 4.46. The molecule has 1 aromatic carbocycles. The van der Waals surface area contributed by atoms with E-state index in [1.807, 2.05) is 18.2 Å². The summed E-state index contributed by atoms with van der Waals surface area (Å²) in [7, 11) is 3.32. The second-order valence-corrected chi connectivity index (χ2v) is 8.21. The summed E-state index contributed by atoms with van der Waals surface area (Å²) in [6, 6.07) is 7.76. The Hall–Kier alpha value is -3.56. The van der Waals surface area contributed by atoms with Gasteiger partial charge in [-0.3, -0.25) is 4.57 Å². The number of piperazine rings is 1. The van der Waals surface area contributed by atoms with Gasteiger partial charge in [0.1, 0.15) is 11.3 Å². The van der Waals surface area contributed by atoms with Crippen LogP contribution < -0.4 is 20.2 Å². The predicted molar refractivity (Wildman–Crippen MR) is 122 cm³/mol. The maximum Gasteiger partial charge on any atom is 0.338 e. The lowest BCUT2D eigenvalue weighted by Crippen LogP contribution is -2.47. The Bertz CT molecular complexity index is 1200. The van der Waals surface area contributed by atoms with Crippen molar-refractivity contribution < 1.29 is 9.53 Å². The molecule has 0 spiro atoms. The average molecular weight is 438 g/mol. The van der Waals surface area contributed by atoms with Crippen molar-refractivity contribution in [1.29, 1.82) is 0 Å². The number of rotatable bonds is 3. The van der Waals surface area contributed by atoms with Gasteiger partial charge in [-0.15, -0.1) is 0 Å². The Morgan fingerprint density at radius 3 is 2.47 bits per heavy atom. The van der Waals surface area contributed by atoms with Crippen molar-refractivity contribution in [2.45, 2.75) is 12.8 Å². The van der Waals surface area contributed by atoms with Crippen LogP contribution in [0.5, 0.6) is 5.75 Å². The van der Waals surface area contributed by atoms with Crippen LogP contribution in [-0.4, -0.2) is 76.4 Å². The molecule has 0 bridgehead atoms. The van der Waals surface area contributed by atoms with E-state index in [1.54, 1.807) is 25.3 Å². The summed E-state index contributed by atoms with van der Waals surface area (Å²) in [6.07, 6.45) is 3.53. The van der Waals surface area contributed by atoms with Crippen molar-refractivity contribution >= 4 is 28.8 Å². The van der Waals surface area contributed by atoms with Crippen molar-refractivity contribution in [3.8, 4) is 5.75 Å². The lowest BCUT2D eigenvalue weighted by Gasteiger charge is -2.36. The Morgan fingerprint density at radius 2 is 1.75 bits per heavy atom. The first-order valence-electron chi connectivity index (χ1n) is 10.9. The zero-order chi connectivity index (χ0) is 22.2. The molecule has 0 aliphatic carbocycles. The van der Waals surface area contributed by atoms with E-state index in [4.69, 9.17) is 4.74 Å². The highest BCUT2D eigenvalue weighted by Gasteiger charge is 2.26. The third-order valence-corrected chi connectivity index (χ3v) is 6.32. The zero-order valence-electron chi connectivity index (χ0n) is 18.4. The number of hydrogen-bond acceptors (Lipinski definition) is 7. The van der Waals surface area contributed by atoms with Gasteiger partial charge in [-0.05, 0) is 25.0 Å². The maximum absolute atomic E-state index is 12.9. The van der Waals surface area contributed by atoms with Crippen molar-refractivity contribution in [1.82, 2.24) is 24.0 Å². The molecule has 0 atom stereocenters. The summed E-state index contributed by atoms with van der Waals surface area (Å²) in [6.45, 7) is 4.51. The zero-order valence-corrected chi connectivity index (χ0v) is 18.4. The number of likely N-dealkylation sites (tertiary alicyclic amines) is 1. The number of imidazole rings is 1. The van der Waals surface area contributed by atoms with Crippen LogP contribution in [0.4, 0.5) is 16.4 Å². The molecule has 2 fully saturated rings. The molecule has 5 rings (SSSR count). The highest BCUT2D eigenvalue weighted by molar-refractivity contribution is 5.88. The minimum Gasteiger partial charge on any atom is -0.497 e. The van der Waals surface area contributed by atoms with Crippen molar-refractivity contribution in [3.63, 3.8) is 0 Å². The van der Waals surface area contributed by atoms with Crippen LogP contribution in [0.1, 0.15) is 12.8 Å². The molecule has 2 saturated heterocycles. The Labute approximate surface area is 185 Å². The molecule has 10 nitrogen and oxygen atoms in total. The number of benzene rings is 1. The van der Waals surface area contributed by atoms with Crippen LogP contribution in [0, 0.1) is 0 Å². The molecule has 32 heavy (non-hydrogen) atoms. The smallest absolute Gasteiger partial charge is 0.338 e. The molecule has 3 aromatic rings. The summed E-state index contributed by atoms with van der Waals surface area (Å²) in [5.74, 6) is 1.41. The number of aromatic nitrogens is 4. The van der Waals surface area contributed by atoms with Gasteiger partial charge in [0.25, 0.3) is 0 Å². The molecular formula is C22H27N7O3. The van der Waals surface area contributed by atoms with Crippen molar-refractivity contribution in [2.24, 2.45) is 7.05 Å². The molecule has 4 heterocycles. The van der Waals surface area contributed by atoms with Gasteiger partial charge in [0, 0.05) is 58.1 Å². The van der Waals surface area contributed by atoms with Gasteiger partial charge >= 0.3 is 11.7 Å². The number of methoxy groups -OCH3 is 1. The number of aryl methyl sites for hydroxylation is 1. The number of carbonyl (C=O) groups excluding carboxylic acids is 1. The maximum atomic E-state index is 12.9. The Balaban J connectivity index is 1.37. The third-order valence-electron chi connectivity index (χ3n) is 6.32. The van der Waals surface area contributed by atoms with E-state index in [2.05, 4.69) is 25.8 Å². The van der Waals surface area contributed by atoms with Crippen LogP contribution >= 0.6 is 0 Å². The third kappa shape index (κ3) is 3.45. The van der Waals surface area contributed by atoms with E-state index < -0.39 is 0 Å². The summed E-state index contributed by atoms with van der Waals surface area (Å²) < 4.78 is 7.97. The standard InChI is InChI=1S/C22H27N7O3/c1-25-19-18(29(21(25)30)22(31)28-8-3-4-9-28)15-23-20(24-19)27-12-10-26(11-13-27)16-6-5-7-17(14-16)32-2/h5-7,14-15H,3-4,8-13H2,1-2H3. The first-order valence-corrected chi connectivity index (χ1v) is 10.9. The number of anilines is 2. The Morgan fingerprint density at radius 1 is 1.03 bits per heavy atom. The van der Waals surface area contributed by atoms with Crippen LogP contribution in [0.3, 0.4) is 0 Å². The van der Waals surface area contributed by atoms with Gasteiger partial charge in [0.05, 0.1) is 13.3 Å². The van der Waals surface area contributed by atoms with E-state index in [-0.39, 0.29) is 11.7 Å². The van der Waals surface area contributed by atoms with Crippen LogP contribution in [0.25, 0.3) is 11.2 Å². The summed E-state index contributed by atoms with van der Waals surface area (Å²) in [5.41, 5.74) is 1.67. The Kier molecular flexibility index (Phi) is 5.20. The van der Waals surface area contributed by atoms with Crippen LogP contribution in [-0.2, 0) is 7.05 Å². The first kappa shape index (κ1) is 20.3. The largest absolute Gasteiger partial charge is 0.497 e. The highest BCUT2D eigenvalue weighted by Crippen LogP contribution is 2.23. The van der Waals surface area contributed by atoms with Gasteiger partial charge in [-0.25, -0.2) is 19.1 Å². The molecule has 0 N–H and O–H groups in total. The minimum atomic E-state index is -0.383. The molecule has 2 aliphatic rings. The van der Waals surface area contributed by atoms with Crippen molar-refractivity contribution in [3.05, 3.63) is 40.9 Å². The monoisotopic (exact) mass is 437 g/mol. The lowest BCUT2D eigenvalue weighted by molar-refractivity contribution is 0.210. The second-order valence-electron chi connectivity index (χ2n) is 8.21. The van der Waals surface area contributed by atoms with Gasteiger partial charge in [0.2, 0.25) is 5.95 Å². The fraction of sp³-hybridized carbons (Fsp3) is 0.455. The SMILES string of the molecule is COc1cccc(N2CCN(c3ncc4c(n3)n(C)c(=O)n4C(=O)N3CCCC3)CC2)c1. The highest BCUT2D eigenvalue weighted by atomic mass is 16.5. The minimum absolute atomic E-state index is 0.290. The fourth-order valence-electron chi connectivity index (χ4n) is 4.46. The molecule has 10 heteroatoms. The quantitative estimate of drug-likeness (QED) is 0.614. The molecule has 1 amide bonds. The molecular weight excluding hydrogens is 410 g/mol. The van der Waals surface area contributed by atoms with E-state index >= 15 is 0 Å². The van der Waals surface area contributed by atoms with Gasteiger partial charge in [-0.2, -0.15) is 4.98 Å². The molecule has 0 saturated carbocycles. The number of amides is 1. The number of ether oxygens (including phenoxy) is 1. The van der Waals surface area contributed by atoms with Gasteiger partial charge < -0.3 is 19.4 Å². The second kappa shape index (κ2) is 8.18. The summed E-state index contributed by atoms with van der Waals surface area (Å²) in [4.78, 5) is 41.0. The van der Waals surface area contributed by atoms with Crippen LogP contribution in [0.2, 0.25) is 0 Å². The number of carbonyl (C=O) groups is 1. The van der Waals surface area contributed by atoms with Crippen LogP contribution in [0.15, 0.2) is 35.3 Å². The lowest BCUT2D eigenvalue weighted by atomic mass is 10.2. The topological polar surface area (TPSA) is 88.7 Å².